The molecule has 0 bridgehead atoms. The molecule has 2 aliphatic rings. The molecule has 2 rings (SSSR count). The Morgan fingerprint density at radius 3 is 2.88 bits per heavy atom. The highest BCUT2D eigenvalue weighted by molar-refractivity contribution is 5.81. The molecule has 0 spiro atoms. The van der Waals surface area contributed by atoms with E-state index < -0.39 is 0 Å². The van der Waals surface area contributed by atoms with Crippen molar-refractivity contribution in [3.05, 3.63) is 0 Å². The number of hydrogen-bond donors (Lipinski definition) is 0. The van der Waals surface area contributed by atoms with E-state index in [-0.39, 0.29) is 0 Å². The van der Waals surface area contributed by atoms with Crippen LogP contribution >= 0.6 is 0 Å². The summed E-state index contributed by atoms with van der Waals surface area (Å²) in [5.74, 6) is 1.75. The van der Waals surface area contributed by atoms with E-state index in [1.165, 1.54) is 12.8 Å². The molecule has 0 saturated heterocycles. The second-order valence-corrected chi connectivity index (χ2v) is 2.34. The number of rotatable bonds is 1. The fourth-order valence-electron chi connectivity index (χ4n) is 0.929. The fraction of sp³-hybridized carbons (Fsp3) is 0.833. The summed E-state index contributed by atoms with van der Waals surface area (Å²) < 4.78 is 5.23. The zero-order chi connectivity index (χ0) is 5.40. The largest absolute Gasteiger partial charge is 0.479 e. The Hall–Kier alpha value is -0.530. The minimum atomic E-state index is 0.720. The minimum Gasteiger partial charge on any atom is -0.479 e. The molecule has 0 aromatic heterocycles. The van der Waals surface area contributed by atoms with Gasteiger partial charge in [0, 0.05) is 5.92 Å². The van der Waals surface area contributed by atoms with Gasteiger partial charge in [0.2, 0.25) is 0 Å². The van der Waals surface area contributed by atoms with Crippen molar-refractivity contribution in [2.45, 2.75) is 12.8 Å². The van der Waals surface area contributed by atoms with Gasteiger partial charge in [-0.15, -0.1) is 0 Å². The normalized spacial score (nSPS) is 27.2. The lowest BCUT2D eigenvalue weighted by atomic mass is 10.4. The summed E-state index contributed by atoms with van der Waals surface area (Å²) in [7, 11) is 0. The van der Waals surface area contributed by atoms with Crippen LogP contribution < -0.4 is 0 Å². The van der Waals surface area contributed by atoms with E-state index in [4.69, 9.17) is 4.74 Å². The first-order chi connectivity index (χ1) is 3.97. The van der Waals surface area contributed by atoms with Gasteiger partial charge in [0.25, 0.3) is 0 Å². The second-order valence-electron chi connectivity index (χ2n) is 2.34. The zero-order valence-electron chi connectivity index (χ0n) is 4.76. The highest BCUT2D eigenvalue weighted by Crippen LogP contribution is 2.31. The molecule has 8 heavy (non-hydrogen) atoms. The van der Waals surface area contributed by atoms with Crippen LogP contribution in [0.2, 0.25) is 0 Å². The third kappa shape index (κ3) is 0.602. The molecule has 1 fully saturated rings. The Kier molecular flexibility index (Phi) is 0.802. The molecule has 0 unspecified atom stereocenters. The van der Waals surface area contributed by atoms with Crippen LogP contribution in [0.4, 0.5) is 0 Å². The highest BCUT2D eigenvalue weighted by Gasteiger charge is 2.30. The molecule has 2 nitrogen and oxygen atoms in total. The smallest absolute Gasteiger partial charge is 0.186 e. The van der Waals surface area contributed by atoms with E-state index in [2.05, 4.69) is 4.99 Å². The molecule has 0 aromatic carbocycles. The van der Waals surface area contributed by atoms with Gasteiger partial charge in [-0.25, -0.2) is 0 Å². The van der Waals surface area contributed by atoms with Crippen molar-refractivity contribution in [3.63, 3.8) is 0 Å². The first-order valence-corrected chi connectivity index (χ1v) is 3.14. The van der Waals surface area contributed by atoms with Crippen LogP contribution in [0.25, 0.3) is 0 Å². The Balaban J connectivity index is 2.02. The van der Waals surface area contributed by atoms with Crippen molar-refractivity contribution in [2.24, 2.45) is 10.9 Å². The summed E-state index contributed by atoms with van der Waals surface area (Å²) in [5, 5.41) is 0. The molecule has 0 atom stereocenters. The quantitative estimate of drug-likeness (QED) is 0.491. The van der Waals surface area contributed by atoms with Crippen LogP contribution in [0, 0.1) is 5.92 Å². The van der Waals surface area contributed by atoms with Crippen molar-refractivity contribution in [3.8, 4) is 0 Å². The lowest BCUT2D eigenvalue weighted by Crippen LogP contribution is -1.99. The molecule has 0 aromatic rings. The molecule has 1 saturated carbocycles. The molecule has 1 heterocycles. The fourth-order valence-corrected chi connectivity index (χ4v) is 0.929. The Bertz CT molecular complexity index is 126. The molecule has 1 aliphatic carbocycles. The van der Waals surface area contributed by atoms with Crippen LogP contribution in [-0.2, 0) is 4.74 Å². The lowest BCUT2D eigenvalue weighted by Gasteiger charge is -1.93. The van der Waals surface area contributed by atoms with E-state index in [9.17, 15) is 0 Å². The predicted octanol–water partition coefficient (Wildman–Crippen LogP) is 0.825. The van der Waals surface area contributed by atoms with E-state index in [1.54, 1.807) is 0 Å². The van der Waals surface area contributed by atoms with Gasteiger partial charge in [-0.05, 0) is 12.8 Å². The van der Waals surface area contributed by atoms with Crippen molar-refractivity contribution in [1.29, 1.82) is 0 Å². The molecule has 1 aliphatic heterocycles. The standard InChI is InChI=1S/C6H9NO/c1-2-5(1)6-7-3-4-8-6/h5H,1-4H2. The van der Waals surface area contributed by atoms with E-state index in [0.29, 0.717) is 0 Å². The third-order valence-corrected chi connectivity index (χ3v) is 1.54. The second kappa shape index (κ2) is 1.47. The van der Waals surface area contributed by atoms with Crippen molar-refractivity contribution in [1.82, 2.24) is 0 Å². The predicted molar refractivity (Wildman–Crippen MR) is 31.0 cm³/mol. The van der Waals surface area contributed by atoms with Crippen LogP contribution in [0.15, 0.2) is 4.99 Å². The lowest BCUT2D eigenvalue weighted by molar-refractivity contribution is 0.335. The maximum Gasteiger partial charge on any atom is 0.186 e. The maximum absolute atomic E-state index is 5.23. The number of aliphatic imine (C=N–C) groups is 1. The van der Waals surface area contributed by atoms with E-state index >= 15 is 0 Å². The molecular weight excluding hydrogens is 102 g/mol. The summed E-state index contributed by atoms with van der Waals surface area (Å²) in [6.07, 6.45) is 2.61. The minimum absolute atomic E-state index is 0.720. The SMILES string of the molecule is C1COC(C2CC2)=N1. The average molecular weight is 111 g/mol. The van der Waals surface area contributed by atoms with Gasteiger partial charge in [0.05, 0.1) is 6.54 Å². The maximum atomic E-state index is 5.23. The van der Waals surface area contributed by atoms with Gasteiger partial charge in [-0.2, -0.15) is 0 Å². The molecule has 0 radical (unpaired) electrons. The molecular formula is C6H9NO. The topological polar surface area (TPSA) is 21.6 Å². The van der Waals surface area contributed by atoms with Crippen molar-refractivity contribution < 1.29 is 4.74 Å². The number of hydrogen-bond acceptors (Lipinski definition) is 2. The van der Waals surface area contributed by atoms with Crippen LogP contribution in [0.3, 0.4) is 0 Å². The number of nitrogens with zero attached hydrogens (tertiary/aromatic N) is 1. The van der Waals surface area contributed by atoms with Gasteiger partial charge < -0.3 is 4.74 Å². The van der Waals surface area contributed by atoms with Crippen molar-refractivity contribution >= 4 is 5.90 Å². The van der Waals surface area contributed by atoms with E-state index in [1.807, 2.05) is 0 Å². The zero-order valence-corrected chi connectivity index (χ0v) is 4.76. The summed E-state index contributed by atoms with van der Waals surface area (Å²) in [5.41, 5.74) is 0. The monoisotopic (exact) mass is 111 g/mol. The molecule has 44 valence electrons. The van der Waals surface area contributed by atoms with Gasteiger partial charge in [0.15, 0.2) is 5.90 Å². The highest BCUT2D eigenvalue weighted by atomic mass is 16.5. The summed E-state index contributed by atoms with van der Waals surface area (Å²) in [6, 6.07) is 0. The molecule has 0 amide bonds. The number of ether oxygens (including phenoxy) is 1. The van der Waals surface area contributed by atoms with Gasteiger partial charge in [-0.3, -0.25) is 4.99 Å². The summed E-state index contributed by atoms with van der Waals surface area (Å²) >= 11 is 0. The third-order valence-electron chi connectivity index (χ3n) is 1.54. The van der Waals surface area contributed by atoms with Crippen LogP contribution in [0.5, 0.6) is 0 Å². The first kappa shape index (κ1) is 4.36. The van der Waals surface area contributed by atoms with Crippen LogP contribution in [0.1, 0.15) is 12.8 Å². The Morgan fingerprint density at radius 1 is 1.50 bits per heavy atom. The first-order valence-electron chi connectivity index (χ1n) is 3.14. The van der Waals surface area contributed by atoms with E-state index in [0.717, 1.165) is 25.0 Å². The summed E-state index contributed by atoms with van der Waals surface area (Å²) in [4.78, 5) is 4.19. The van der Waals surface area contributed by atoms with Gasteiger partial charge >= 0.3 is 0 Å². The Morgan fingerprint density at radius 2 is 2.38 bits per heavy atom. The molecule has 0 N–H and O–H groups in total. The summed E-state index contributed by atoms with van der Waals surface area (Å²) in [6.45, 7) is 1.72. The van der Waals surface area contributed by atoms with Crippen LogP contribution in [-0.4, -0.2) is 19.0 Å². The Labute approximate surface area is 48.6 Å². The molecule has 2 heteroatoms. The van der Waals surface area contributed by atoms with Gasteiger partial charge in [0.1, 0.15) is 6.61 Å². The van der Waals surface area contributed by atoms with Crippen molar-refractivity contribution in [2.75, 3.05) is 13.2 Å². The average Bonchev–Trinajstić information content (AvgIpc) is 2.49. The van der Waals surface area contributed by atoms with Gasteiger partial charge in [-0.1, -0.05) is 0 Å².